The Bertz CT molecular complexity index is 915. The van der Waals surface area contributed by atoms with Gasteiger partial charge in [-0.05, 0) is 40.8 Å². The van der Waals surface area contributed by atoms with Crippen LogP contribution < -0.4 is 4.74 Å². The normalized spacial score (nSPS) is 22.0. The predicted octanol–water partition coefficient (Wildman–Crippen LogP) is 5.81. The Morgan fingerprint density at radius 3 is 2.61 bits per heavy atom. The van der Waals surface area contributed by atoms with Crippen LogP contribution in [-0.4, -0.2) is 6.61 Å². The number of fused-ring (bicyclic) bond motifs is 3. The average molecular weight is 365 g/mol. The number of rotatable bonds is 2. The summed E-state index contributed by atoms with van der Waals surface area (Å²) < 4.78 is 7.22. The SMILES string of the molecule is Brc1ccccc1[C@H]1C[C@H]1c1cc2ccccc2c2c1CCO2. The quantitative estimate of drug-likeness (QED) is 0.557. The molecule has 2 atom stereocenters. The first-order valence-corrected chi connectivity index (χ1v) is 9.04. The van der Waals surface area contributed by atoms with Gasteiger partial charge in [0.15, 0.2) is 0 Å². The van der Waals surface area contributed by atoms with Gasteiger partial charge in [0.25, 0.3) is 0 Å². The third-order valence-electron chi connectivity index (χ3n) is 5.23. The lowest BCUT2D eigenvalue weighted by Crippen LogP contribution is -1.92. The largest absolute Gasteiger partial charge is 0.492 e. The summed E-state index contributed by atoms with van der Waals surface area (Å²) in [5.74, 6) is 2.40. The van der Waals surface area contributed by atoms with Crippen molar-refractivity contribution in [3.63, 3.8) is 0 Å². The van der Waals surface area contributed by atoms with E-state index in [2.05, 4.69) is 70.5 Å². The fourth-order valence-electron chi connectivity index (χ4n) is 4.04. The van der Waals surface area contributed by atoms with Crippen LogP contribution in [0.15, 0.2) is 59.1 Å². The van der Waals surface area contributed by atoms with Gasteiger partial charge in [-0.3, -0.25) is 0 Å². The van der Waals surface area contributed by atoms with Crippen LogP contribution in [-0.2, 0) is 6.42 Å². The minimum absolute atomic E-state index is 0.633. The zero-order chi connectivity index (χ0) is 15.4. The maximum atomic E-state index is 5.99. The van der Waals surface area contributed by atoms with Crippen LogP contribution in [0.4, 0.5) is 0 Å². The molecule has 0 spiro atoms. The van der Waals surface area contributed by atoms with Crippen LogP contribution in [0.5, 0.6) is 5.75 Å². The van der Waals surface area contributed by atoms with Gasteiger partial charge in [-0.15, -0.1) is 0 Å². The van der Waals surface area contributed by atoms with Crippen LogP contribution >= 0.6 is 15.9 Å². The molecule has 1 aliphatic carbocycles. The zero-order valence-electron chi connectivity index (χ0n) is 12.8. The van der Waals surface area contributed by atoms with Gasteiger partial charge in [0, 0.05) is 21.8 Å². The summed E-state index contributed by atoms with van der Waals surface area (Å²) >= 11 is 3.71. The molecule has 1 aliphatic heterocycles. The lowest BCUT2D eigenvalue weighted by molar-refractivity contribution is 0.360. The topological polar surface area (TPSA) is 9.23 Å². The van der Waals surface area contributed by atoms with E-state index >= 15 is 0 Å². The summed E-state index contributed by atoms with van der Waals surface area (Å²) in [4.78, 5) is 0. The van der Waals surface area contributed by atoms with Crippen LogP contribution in [0.25, 0.3) is 10.8 Å². The van der Waals surface area contributed by atoms with E-state index in [0.717, 1.165) is 18.8 Å². The van der Waals surface area contributed by atoms with E-state index in [0.29, 0.717) is 11.8 Å². The standard InChI is InChI=1S/C21H17BrO/c22-20-8-4-3-7-15(20)18-12-19(18)17-11-13-5-1-2-6-14(13)21-16(17)9-10-23-21/h1-8,11,18-19H,9-10,12H2/t18-,19+/m1/s1. The van der Waals surface area contributed by atoms with Crippen molar-refractivity contribution in [3.05, 3.63) is 75.8 Å². The molecule has 0 amide bonds. The van der Waals surface area contributed by atoms with Gasteiger partial charge in [0.2, 0.25) is 0 Å². The third kappa shape index (κ3) is 2.12. The molecule has 0 N–H and O–H groups in total. The van der Waals surface area contributed by atoms with Crippen molar-refractivity contribution in [2.45, 2.75) is 24.7 Å². The summed E-state index contributed by atoms with van der Waals surface area (Å²) in [5, 5.41) is 2.57. The Labute approximate surface area is 144 Å². The Hall–Kier alpha value is -1.80. The molecule has 23 heavy (non-hydrogen) atoms. The van der Waals surface area contributed by atoms with Crippen molar-refractivity contribution < 1.29 is 4.74 Å². The molecule has 114 valence electrons. The van der Waals surface area contributed by atoms with Crippen molar-refractivity contribution in [2.24, 2.45) is 0 Å². The fraction of sp³-hybridized carbons (Fsp3) is 0.238. The van der Waals surface area contributed by atoms with E-state index in [1.807, 2.05) is 0 Å². The van der Waals surface area contributed by atoms with Gasteiger partial charge in [-0.1, -0.05) is 64.5 Å². The molecule has 2 heteroatoms. The van der Waals surface area contributed by atoms with Gasteiger partial charge in [0.1, 0.15) is 5.75 Å². The zero-order valence-corrected chi connectivity index (χ0v) is 14.3. The van der Waals surface area contributed by atoms with E-state index in [1.165, 1.54) is 38.4 Å². The molecule has 1 saturated carbocycles. The molecule has 1 heterocycles. The number of halogens is 1. The maximum absolute atomic E-state index is 5.99. The second-order valence-corrected chi connectivity index (χ2v) is 7.42. The minimum atomic E-state index is 0.633. The highest BCUT2D eigenvalue weighted by Crippen LogP contribution is 2.58. The summed E-state index contributed by atoms with van der Waals surface area (Å²) in [7, 11) is 0. The fourth-order valence-corrected chi connectivity index (χ4v) is 4.62. The lowest BCUT2D eigenvalue weighted by atomic mass is 9.94. The van der Waals surface area contributed by atoms with E-state index in [1.54, 1.807) is 0 Å². The van der Waals surface area contributed by atoms with Crippen molar-refractivity contribution in [2.75, 3.05) is 6.61 Å². The van der Waals surface area contributed by atoms with Crippen LogP contribution in [0.3, 0.4) is 0 Å². The van der Waals surface area contributed by atoms with E-state index in [9.17, 15) is 0 Å². The second-order valence-electron chi connectivity index (χ2n) is 6.56. The minimum Gasteiger partial charge on any atom is -0.492 e. The van der Waals surface area contributed by atoms with Gasteiger partial charge >= 0.3 is 0 Å². The van der Waals surface area contributed by atoms with Crippen molar-refractivity contribution in [3.8, 4) is 5.75 Å². The van der Waals surface area contributed by atoms with Gasteiger partial charge in [-0.25, -0.2) is 0 Å². The number of hydrogen-bond donors (Lipinski definition) is 0. The highest BCUT2D eigenvalue weighted by Gasteiger charge is 2.42. The first kappa shape index (κ1) is 13.6. The van der Waals surface area contributed by atoms with Gasteiger partial charge < -0.3 is 4.74 Å². The molecule has 1 nitrogen and oxygen atoms in total. The molecule has 3 aromatic rings. The highest BCUT2D eigenvalue weighted by molar-refractivity contribution is 9.10. The Morgan fingerprint density at radius 2 is 1.70 bits per heavy atom. The highest BCUT2D eigenvalue weighted by atomic mass is 79.9. The number of hydrogen-bond acceptors (Lipinski definition) is 1. The van der Waals surface area contributed by atoms with Crippen molar-refractivity contribution >= 4 is 26.7 Å². The number of ether oxygens (including phenoxy) is 1. The average Bonchev–Trinajstić information content (AvgIpc) is 3.20. The van der Waals surface area contributed by atoms with Crippen molar-refractivity contribution in [1.29, 1.82) is 0 Å². The van der Waals surface area contributed by atoms with Gasteiger partial charge in [0.05, 0.1) is 6.61 Å². The Balaban J connectivity index is 1.61. The predicted molar refractivity (Wildman–Crippen MR) is 97.4 cm³/mol. The van der Waals surface area contributed by atoms with Gasteiger partial charge in [-0.2, -0.15) is 0 Å². The Morgan fingerprint density at radius 1 is 0.913 bits per heavy atom. The monoisotopic (exact) mass is 364 g/mol. The molecular formula is C21H17BrO. The molecule has 2 aliphatic rings. The van der Waals surface area contributed by atoms with E-state index in [4.69, 9.17) is 4.74 Å². The van der Waals surface area contributed by atoms with Crippen molar-refractivity contribution in [1.82, 2.24) is 0 Å². The summed E-state index contributed by atoms with van der Waals surface area (Å²) in [6.45, 7) is 0.822. The maximum Gasteiger partial charge on any atom is 0.130 e. The summed E-state index contributed by atoms with van der Waals surface area (Å²) in [6.07, 6.45) is 2.29. The number of benzene rings is 3. The lowest BCUT2D eigenvalue weighted by Gasteiger charge is -2.11. The smallest absolute Gasteiger partial charge is 0.130 e. The molecule has 3 aromatic carbocycles. The molecule has 0 unspecified atom stereocenters. The molecule has 5 rings (SSSR count). The van der Waals surface area contributed by atoms with E-state index in [-0.39, 0.29) is 0 Å². The molecule has 0 saturated heterocycles. The van der Waals surface area contributed by atoms with E-state index < -0.39 is 0 Å². The molecule has 1 fully saturated rings. The van der Waals surface area contributed by atoms with Crippen LogP contribution in [0.2, 0.25) is 0 Å². The molecule has 0 aromatic heterocycles. The molecular weight excluding hydrogens is 348 g/mol. The third-order valence-corrected chi connectivity index (χ3v) is 5.95. The van der Waals surface area contributed by atoms with Crippen LogP contribution in [0.1, 0.15) is 34.9 Å². The molecule has 0 bridgehead atoms. The second kappa shape index (κ2) is 5.10. The molecule has 0 radical (unpaired) electrons. The Kier molecular flexibility index (Phi) is 3.02. The first-order valence-electron chi connectivity index (χ1n) is 8.24. The van der Waals surface area contributed by atoms with Crippen LogP contribution in [0, 0.1) is 0 Å². The summed E-state index contributed by atoms with van der Waals surface area (Å²) in [5.41, 5.74) is 4.40. The first-order chi connectivity index (χ1) is 11.3. The summed E-state index contributed by atoms with van der Waals surface area (Å²) in [6, 6.07) is 19.7.